The van der Waals surface area contributed by atoms with E-state index in [-0.39, 0.29) is 23.5 Å². The Morgan fingerprint density at radius 1 is 1.04 bits per heavy atom. The number of nitrogens with zero attached hydrogens (tertiary/aromatic N) is 1. The fourth-order valence-corrected chi connectivity index (χ4v) is 3.07. The molecule has 136 valence electrons. The van der Waals surface area contributed by atoms with Gasteiger partial charge in [-0.05, 0) is 61.4 Å². The van der Waals surface area contributed by atoms with Crippen LogP contribution in [-0.4, -0.2) is 36.9 Å². The number of ketones is 1. The van der Waals surface area contributed by atoms with Crippen molar-refractivity contribution in [1.82, 2.24) is 4.90 Å². The zero-order chi connectivity index (χ0) is 18.5. The molecular formula is C20H21FN2O3. The first-order chi connectivity index (χ1) is 12.6. The number of likely N-dealkylation sites (tertiary alicyclic amines) is 1. The fourth-order valence-electron chi connectivity index (χ4n) is 3.07. The maximum Gasteiger partial charge on any atom is 0.321 e. The molecule has 2 aromatic carbocycles. The van der Waals surface area contributed by atoms with Crippen LogP contribution < -0.4 is 10.1 Å². The van der Waals surface area contributed by atoms with Crippen LogP contribution in [0.3, 0.4) is 0 Å². The summed E-state index contributed by atoms with van der Waals surface area (Å²) in [4.78, 5) is 26.6. The molecule has 0 spiro atoms. The van der Waals surface area contributed by atoms with Gasteiger partial charge in [0.2, 0.25) is 0 Å². The number of nitrogens with one attached hydrogen (secondary N) is 1. The molecule has 3 rings (SSSR count). The molecular weight excluding hydrogens is 335 g/mol. The molecule has 0 radical (unpaired) electrons. The standard InChI is InChI=1S/C20H21FN2O3/c1-26-18-8-2-14(3-9-18)19(24)15-10-12-23(13-11-15)20(25)22-17-6-4-16(21)5-7-17/h2-9,15H,10-13H2,1H3,(H,22,25). The quantitative estimate of drug-likeness (QED) is 0.844. The van der Waals surface area contributed by atoms with E-state index in [9.17, 15) is 14.0 Å². The molecule has 0 bridgehead atoms. The number of amides is 2. The highest BCUT2D eigenvalue weighted by molar-refractivity contribution is 5.98. The molecule has 0 saturated carbocycles. The molecule has 1 aliphatic heterocycles. The minimum absolute atomic E-state index is 0.0849. The molecule has 26 heavy (non-hydrogen) atoms. The van der Waals surface area contributed by atoms with E-state index in [1.807, 2.05) is 0 Å². The molecule has 0 unspecified atom stereocenters. The van der Waals surface area contributed by atoms with Gasteiger partial charge in [0.15, 0.2) is 5.78 Å². The fraction of sp³-hybridized carbons (Fsp3) is 0.300. The summed E-state index contributed by atoms with van der Waals surface area (Å²) in [7, 11) is 1.59. The van der Waals surface area contributed by atoms with Crippen molar-refractivity contribution in [3.05, 3.63) is 59.9 Å². The van der Waals surface area contributed by atoms with Crippen molar-refractivity contribution in [2.75, 3.05) is 25.5 Å². The molecule has 2 amide bonds. The number of piperidine rings is 1. The smallest absolute Gasteiger partial charge is 0.321 e. The van der Waals surface area contributed by atoms with E-state index in [1.54, 1.807) is 36.3 Å². The van der Waals surface area contributed by atoms with E-state index in [0.717, 1.165) is 0 Å². The Bertz CT molecular complexity index is 767. The second kappa shape index (κ2) is 7.99. The monoisotopic (exact) mass is 356 g/mol. The van der Waals surface area contributed by atoms with E-state index < -0.39 is 0 Å². The largest absolute Gasteiger partial charge is 0.497 e. The number of hydrogen-bond acceptors (Lipinski definition) is 3. The van der Waals surface area contributed by atoms with Gasteiger partial charge in [-0.1, -0.05) is 0 Å². The minimum Gasteiger partial charge on any atom is -0.497 e. The van der Waals surface area contributed by atoms with Crippen LogP contribution in [-0.2, 0) is 0 Å². The highest BCUT2D eigenvalue weighted by atomic mass is 19.1. The van der Waals surface area contributed by atoms with Crippen molar-refractivity contribution in [2.24, 2.45) is 5.92 Å². The van der Waals surface area contributed by atoms with Crippen molar-refractivity contribution >= 4 is 17.5 Å². The zero-order valence-electron chi connectivity index (χ0n) is 14.6. The third-order valence-electron chi connectivity index (χ3n) is 4.62. The summed E-state index contributed by atoms with van der Waals surface area (Å²) >= 11 is 0. The molecule has 1 heterocycles. The average molecular weight is 356 g/mol. The van der Waals surface area contributed by atoms with Gasteiger partial charge >= 0.3 is 6.03 Å². The molecule has 6 heteroatoms. The van der Waals surface area contributed by atoms with Crippen LogP contribution in [0.1, 0.15) is 23.2 Å². The number of hydrogen-bond donors (Lipinski definition) is 1. The van der Waals surface area contributed by atoms with Gasteiger partial charge in [0, 0.05) is 30.3 Å². The first-order valence-electron chi connectivity index (χ1n) is 8.56. The Kier molecular flexibility index (Phi) is 5.51. The van der Waals surface area contributed by atoms with Crippen molar-refractivity contribution in [1.29, 1.82) is 0 Å². The van der Waals surface area contributed by atoms with Crippen LogP contribution in [0.15, 0.2) is 48.5 Å². The van der Waals surface area contributed by atoms with E-state index >= 15 is 0 Å². The Morgan fingerprint density at radius 3 is 2.23 bits per heavy atom. The van der Waals surface area contributed by atoms with E-state index in [1.165, 1.54) is 24.3 Å². The number of benzene rings is 2. The van der Waals surface area contributed by atoms with E-state index in [4.69, 9.17) is 4.74 Å². The zero-order valence-corrected chi connectivity index (χ0v) is 14.6. The predicted molar refractivity (Wildman–Crippen MR) is 97.0 cm³/mol. The summed E-state index contributed by atoms with van der Waals surface area (Å²) in [6.07, 6.45) is 1.25. The third kappa shape index (κ3) is 4.20. The van der Waals surface area contributed by atoms with Crippen LogP contribution in [0.25, 0.3) is 0 Å². The minimum atomic E-state index is -0.346. The number of anilines is 1. The first-order valence-corrected chi connectivity index (χ1v) is 8.56. The van der Waals surface area contributed by atoms with Gasteiger partial charge in [-0.3, -0.25) is 4.79 Å². The average Bonchev–Trinajstić information content (AvgIpc) is 2.69. The Morgan fingerprint density at radius 2 is 1.65 bits per heavy atom. The van der Waals surface area contributed by atoms with Crippen LogP contribution in [0, 0.1) is 11.7 Å². The summed E-state index contributed by atoms with van der Waals surface area (Å²) in [5.74, 6) is 0.388. The number of carbonyl (C=O) groups is 2. The molecule has 1 fully saturated rings. The van der Waals surface area contributed by atoms with E-state index in [0.29, 0.717) is 42.9 Å². The van der Waals surface area contributed by atoms with Crippen molar-refractivity contribution < 1.29 is 18.7 Å². The Labute approximate surface area is 151 Å². The molecule has 5 nitrogen and oxygen atoms in total. The summed E-state index contributed by atoms with van der Waals surface area (Å²) in [6, 6.07) is 12.5. The first kappa shape index (κ1) is 17.9. The number of Topliss-reactive ketones (excluding diaryl/α,β-unsaturated/α-hetero) is 1. The van der Waals surface area contributed by atoms with Crippen LogP contribution >= 0.6 is 0 Å². The normalized spacial score (nSPS) is 14.8. The number of ether oxygens (including phenoxy) is 1. The molecule has 1 saturated heterocycles. The van der Waals surface area contributed by atoms with Gasteiger partial charge in [-0.15, -0.1) is 0 Å². The van der Waals surface area contributed by atoms with Crippen LogP contribution in [0.2, 0.25) is 0 Å². The predicted octanol–water partition coefficient (Wildman–Crippen LogP) is 3.96. The molecule has 2 aromatic rings. The number of urea groups is 1. The SMILES string of the molecule is COc1ccc(C(=O)C2CCN(C(=O)Nc3ccc(F)cc3)CC2)cc1. The van der Waals surface area contributed by atoms with Gasteiger partial charge in [0.1, 0.15) is 11.6 Å². The maximum absolute atomic E-state index is 12.9. The van der Waals surface area contributed by atoms with Gasteiger partial charge in [-0.2, -0.15) is 0 Å². The summed E-state index contributed by atoms with van der Waals surface area (Å²) in [6.45, 7) is 1.03. The van der Waals surface area contributed by atoms with Gasteiger partial charge in [-0.25, -0.2) is 9.18 Å². The number of methoxy groups -OCH3 is 1. The van der Waals surface area contributed by atoms with Crippen LogP contribution in [0.5, 0.6) is 5.75 Å². The Hall–Kier alpha value is -2.89. The van der Waals surface area contributed by atoms with Gasteiger partial charge in [0.05, 0.1) is 7.11 Å². The molecule has 0 aromatic heterocycles. The highest BCUT2D eigenvalue weighted by Gasteiger charge is 2.28. The van der Waals surface area contributed by atoms with Crippen LogP contribution in [0.4, 0.5) is 14.9 Å². The molecule has 0 atom stereocenters. The van der Waals surface area contributed by atoms with Crippen molar-refractivity contribution in [3.63, 3.8) is 0 Å². The lowest BCUT2D eigenvalue weighted by atomic mass is 9.89. The second-order valence-corrected chi connectivity index (χ2v) is 6.29. The number of rotatable bonds is 4. The Balaban J connectivity index is 1.53. The number of halogens is 1. The third-order valence-corrected chi connectivity index (χ3v) is 4.62. The molecule has 1 N–H and O–H groups in total. The second-order valence-electron chi connectivity index (χ2n) is 6.29. The maximum atomic E-state index is 12.9. The van der Waals surface area contributed by atoms with E-state index in [2.05, 4.69) is 5.32 Å². The number of carbonyl (C=O) groups excluding carboxylic acids is 2. The topological polar surface area (TPSA) is 58.6 Å². The van der Waals surface area contributed by atoms with Gasteiger partial charge in [0.25, 0.3) is 0 Å². The summed E-state index contributed by atoms with van der Waals surface area (Å²) < 4.78 is 18.0. The lowest BCUT2D eigenvalue weighted by Crippen LogP contribution is -2.42. The summed E-state index contributed by atoms with van der Waals surface area (Å²) in [5.41, 5.74) is 1.22. The lowest BCUT2D eigenvalue weighted by molar-refractivity contribution is 0.0859. The molecule has 0 aliphatic carbocycles. The van der Waals surface area contributed by atoms with Crippen molar-refractivity contribution in [3.8, 4) is 5.75 Å². The highest BCUT2D eigenvalue weighted by Crippen LogP contribution is 2.23. The van der Waals surface area contributed by atoms with Crippen molar-refractivity contribution in [2.45, 2.75) is 12.8 Å². The lowest BCUT2D eigenvalue weighted by Gasteiger charge is -2.31. The van der Waals surface area contributed by atoms with Gasteiger partial charge < -0.3 is 15.0 Å². The summed E-state index contributed by atoms with van der Waals surface area (Å²) in [5, 5.41) is 2.75. The molecule has 1 aliphatic rings.